The Hall–Kier alpha value is -0.860. The van der Waals surface area contributed by atoms with Crippen molar-refractivity contribution in [3.63, 3.8) is 0 Å². The summed E-state index contributed by atoms with van der Waals surface area (Å²) in [5.74, 6) is -0.159. The van der Waals surface area contributed by atoms with Gasteiger partial charge in [0.2, 0.25) is 5.91 Å². The van der Waals surface area contributed by atoms with Crippen molar-refractivity contribution in [2.75, 3.05) is 39.8 Å². The van der Waals surface area contributed by atoms with Gasteiger partial charge in [0.25, 0.3) is 6.43 Å². The maximum Gasteiger partial charge on any atom is 0.251 e. The zero-order valence-electron chi connectivity index (χ0n) is 11.0. The highest BCUT2D eigenvalue weighted by Crippen LogP contribution is 2.01. The number of amides is 1. The van der Waals surface area contributed by atoms with Gasteiger partial charge in [-0.25, -0.2) is 8.78 Å². The highest BCUT2D eigenvalue weighted by Gasteiger charge is 2.15. The molecule has 0 unspecified atom stereocenters. The van der Waals surface area contributed by atoms with E-state index >= 15 is 0 Å². The van der Waals surface area contributed by atoms with Crippen molar-refractivity contribution in [3.05, 3.63) is 0 Å². The number of carbonyl (C=O) groups excluding carboxylic acids is 1. The van der Waals surface area contributed by atoms with Crippen molar-refractivity contribution in [1.82, 2.24) is 9.80 Å². The van der Waals surface area contributed by atoms with E-state index in [0.717, 1.165) is 0 Å². The Kier molecular flexibility index (Phi) is 9.54. The molecule has 0 bridgehead atoms. The fourth-order valence-electron chi connectivity index (χ4n) is 1.48. The van der Waals surface area contributed by atoms with Gasteiger partial charge in [0.15, 0.2) is 0 Å². The topological polar surface area (TPSA) is 69.8 Å². The zero-order chi connectivity index (χ0) is 14.8. The molecule has 0 spiro atoms. The fourth-order valence-corrected chi connectivity index (χ4v) is 1.57. The largest absolute Gasteiger partial charge is 0.395 e. The average molecular weight is 297 g/mol. The predicted molar refractivity (Wildman–Crippen MR) is 73.2 cm³/mol. The van der Waals surface area contributed by atoms with E-state index in [9.17, 15) is 13.6 Å². The van der Waals surface area contributed by atoms with Crippen LogP contribution in [0.3, 0.4) is 0 Å². The van der Waals surface area contributed by atoms with Crippen molar-refractivity contribution < 1.29 is 18.7 Å². The van der Waals surface area contributed by atoms with Gasteiger partial charge in [-0.3, -0.25) is 9.69 Å². The van der Waals surface area contributed by atoms with Crippen molar-refractivity contribution in [1.29, 1.82) is 0 Å². The van der Waals surface area contributed by atoms with E-state index in [1.165, 1.54) is 9.80 Å². The van der Waals surface area contributed by atoms with Crippen LogP contribution < -0.4 is 5.73 Å². The molecule has 0 aliphatic heterocycles. The average Bonchev–Trinajstić information content (AvgIpc) is 2.32. The van der Waals surface area contributed by atoms with E-state index in [1.54, 1.807) is 7.05 Å². The van der Waals surface area contributed by atoms with E-state index in [0.29, 0.717) is 18.0 Å². The summed E-state index contributed by atoms with van der Waals surface area (Å²) in [5.41, 5.74) is 5.33. The maximum absolute atomic E-state index is 12.3. The second-order valence-corrected chi connectivity index (χ2v) is 4.72. The first-order valence-electron chi connectivity index (χ1n) is 6.00. The van der Waals surface area contributed by atoms with E-state index in [4.69, 9.17) is 23.1 Å². The number of hydrogen-bond donors (Lipinski definition) is 2. The zero-order valence-corrected chi connectivity index (χ0v) is 11.8. The number of rotatable bonds is 10. The summed E-state index contributed by atoms with van der Waals surface area (Å²) in [6, 6.07) is 0. The molecule has 0 saturated heterocycles. The summed E-state index contributed by atoms with van der Waals surface area (Å²) in [5, 5.41) is 8.76. The van der Waals surface area contributed by atoms with Gasteiger partial charge in [-0.1, -0.05) is 12.2 Å². The third-order valence-corrected chi connectivity index (χ3v) is 2.78. The quantitative estimate of drug-likeness (QED) is 0.559. The molecule has 0 fully saturated rings. The number of nitrogens with zero attached hydrogens (tertiary/aromatic N) is 2. The van der Waals surface area contributed by atoms with Crippen LogP contribution in [0.25, 0.3) is 0 Å². The number of hydrogen-bond acceptors (Lipinski definition) is 4. The van der Waals surface area contributed by atoms with Crippen LogP contribution in [0, 0.1) is 0 Å². The monoisotopic (exact) mass is 297 g/mol. The number of aliphatic hydroxyl groups excluding tert-OH is 1. The maximum atomic E-state index is 12.3. The Morgan fingerprint density at radius 3 is 2.42 bits per heavy atom. The van der Waals surface area contributed by atoms with Gasteiger partial charge in [0.05, 0.1) is 18.1 Å². The summed E-state index contributed by atoms with van der Waals surface area (Å²) in [6.45, 7) is 0.0982. The van der Waals surface area contributed by atoms with Crippen LogP contribution in [0.15, 0.2) is 0 Å². The minimum absolute atomic E-state index is 0.126. The molecule has 1 amide bonds. The molecule has 19 heavy (non-hydrogen) atoms. The van der Waals surface area contributed by atoms with Gasteiger partial charge in [-0.2, -0.15) is 0 Å². The molecular weight excluding hydrogens is 276 g/mol. The molecule has 0 saturated carbocycles. The van der Waals surface area contributed by atoms with Crippen LogP contribution in [0.1, 0.15) is 12.8 Å². The van der Waals surface area contributed by atoms with Gasteiger partial charge in [-0.05, 0) is 0 Å². The van der Waals surface area contributed by atoms with Crippen LogP contribution >= 0.6 is 12.2 Å². The smallest absolute Gasteiger partial charge is 0.251 e. The Morgan fingerprint density at radius 1 is 1.32 bits per heavy atom. The normalized spacial score (nSPS) is 11.1. The van der Waals surface area contributed by atoms with Crippen LogP contribution in [-0.2, 0) is 4.79 Å². The molecule has 0 aliphatic rings. The van der Waals surface area contributed by atoms with E-state index in [2.05, 4.69) is 0 Å². The van der Waals surface area contributed by atoms with Gasteiger partial charge >= 0.3 is 0 Å². The van der Waals surface area contributed by atoms with Crippen LogP contribution in [0.5, 0.6) is 0 Å². The number of nitrogens with two attached hydrogens (primary N) is 1. The summed E-state index contributed by atoms with van der Waals surface area (Å²) in [6.07, 6.45) is -1.91. The second kappa shape index (κ2) is 9.99. The molecule has 5 nitrogen and oxygen atoms in total. The van der Waals surface area contributed by atoms with E-state index in [1.807, 2.05) is 0 Å². The predicted octanol–water partition coefficient (Wildman–Crippen LogP) is 0.0705. The number of halogens is 2. The number of aliphatic hydroxyl groups is 1. The second-order valence-electron chi connectivity index (χ2n) is 4.20. The molecule has 0 aromatic heterocycles. The van der Waals surface area contributed by atoms with Crippen molar-refractivity contribution in [2.45, 2.75) is 19.3 Å². The third kappa shape index (κ3) is 9.69. The van der Waals surface area contributed by atoms with Crippen molar-refractivity contribution in [2.24, 2.45) is 5.73 Å². The first kappa shape index (κ1) is 18.1. The summed E-state index contributed by atoms with van der Waals surface area (Å²) in [7, 11) is 1.62. The minimum atomic E-state index is -2.48. The molecule has 0 aromatic carbocycles. The van der Waals surface area contributed by atoms with E-state index < -0.39 is 13.0 Å². The number of alkyl halides is 2. The lowest BCUT2D eigenvalue weighted by atomic mass is 10.3. The Morgan fingerprint density at radius 2 is 1.95 bits per heavy atom. The lowest BCUT2D eigenvalue weighted by molar-refractivity contribution is -0.130. The summed E-state index contributed by atoms with van der Waals surface area (Å²) < 4.78 is 24.5. The van der Waals surface area contributed by atoms with Gasteiger partial charge in [0.1, 0.15) is 0 Å². The number of carbonyl (C=O) groups is 1. The highest BCUT2D eigenvalue weighted by atomic mass is 32.1. The third-order valence-electron chi connectivity index (χ3n) is 2.57. The molecule has 3 N–H and O–H groups in total. The van der Waals surface area contributed by atoms with Gasteiger partial charge < -0.3 is 15.7 Å². The Labute approximate surface area is 117 Å². The molecular formula is C11H21F2N3O2S. The lowest BCUT2D eigenvalue weighted by Gasteiger charge is -2.22. The first-order valence-corrected chi connectivity index (χ1v) is 6.41. The van der Waals surface area contributed by atoms with Gasteiger partial charge in [-0.15, -0.1) is 0 Å². The van der Waals surface area contributed by atoms with E-state index in [-0.39, 0.29) is 32.0 Å². The lowest BCUT2D eigenvalue weighted by Crippen LogP contribution is -2.36. The molecule has 0 atom stereocenters. The molecule has 0 aromatic rings. The fraction of sp³-hybridized carbons (Fsp3) is 0.818. The standard InChI is InChI=1S/C11H21F2N3O2S/c1-15(4-2-10(14)19)11(18)3-5-16(6-7-17)8-9(12)13/h9,17H,2-8H2,1H3,(H2,14,19). The first-order chi connectivity index (χ1) is 8.86. The molecule has 112 valence electrons. The Balaban J connectivity index is 4.05. The van der Waals surface area contributed by atoms with Gasteiger partial charge in [0, 0.05) is 39.5 Å². The number of thiocarbonyl (C=S) groups is 1. The van der Waals surface area contributed by atoms with Crippen molar-refractivity contribution in [3.8, 4) is 0 Å². The van der Waals surface area contributed by atoms with Crippen LogP contribution in [0.4, 0.5) is 8.78 Å². The molecule has 0 rings (SSSR count). The molecule has 0 heterocycles. The molecule has 0 radical (unpaired) electrons. The molecule has 0 aliphatic carbocycles. The highest BCUT2D eigenvalue weighted by molar-refractivity contribution is 7.80. The van der Waals surface area contributed by atoms with Crippen molar-refractivity contribution >= 4 is 23.1 Å². The molecule has 8 heteroatoms. The minimum Gasteiger partial charge on any atom is -0.395 e. The summed E-state index contributed by atoms with van der Waals surface area (Å²) >= 11 is 4.71. The summed E-state index contributed by atoms with van der Waals surface area (Å²) in [4.78, 5) is 14.9. The Bertz CT molecular complexity index is 293. The SMILES string of the molecule is CN(CCC(N)=S)C(=O)CCN(CCO)CC(F)F. The van der Waals surface area contributed by atoms with Crippen LogP contribution in [-0.4, -0.2) is 72.1 Å². The van der Waals surface area contributed by atoms with Crippen LogP contribution in [0.2, 0.25) is 0 Å².